The summed E-state index contributed by atoms with van der Waals surface area (Å²) in [4.78, 5) is 1.92. The fourth-order valence-electron chi connectivity index (χ4n) is 2.07. The number of anilines is 2. The Morgan fingerprint density at radius 2 is 1.76 bits per heavy atom. The molecule has 0 fully saturated rings. The third kappa shape index (κ3) is 3.64. The van der Waals surface area contributed by atoms with Crippen molar-refractivity contribution in [1.29, 1.82) is 0 Å². The van der Waals surface area contributed by atoms with Crippen LogP contribution < -0.4 is 10.2 Å². The maximum Gasteiger partial charge on any atom is 0.159 e. The Hall–Kier alpha value is -1.81. The quantitative estimate of drug-likeness (QED) is 0.867. The monoisotopic (exact) mass is 310 g/mol. The number of nitrogens with one attached hydrogen (secondary N) is 1. The van der Waals surface area contributed by atoms with Gasteiger partial charge >= 0.3 is 0 Å². The Bertz CT molecular complexity index is 644. The first-order valence-corrected chi connectivity index (χ1v) is 6.94. The molecule has 0 spiro atoms. The lowest BCUT2D eigenvalue weighted by Crippen LogP contribution is -2.10. The molecule has 2 rings (SSSR count). The van der Waals surface area contributed by atoms with Crippen molar-refractivity contribution in [2.75, 3.05) is 24.3 Å². The maximum atomic E-state index is 13.3. The average molecular weight is 311 g/mol. The number of hydrogen-bond donors (Lipinski definition) is 1. The van der Waals surface area contributed by atoms with Gasteiger partial charge in [0.15, 0.2) is 11.6 Å². The Labute approximate surface area is 128 Å². The minimum atomic E-state index is -0.845. The van der Waals surface area contributed by atoms with Crippen LogP contribution in [0.3, 0.4) is 0 Å². The molecule has 1 unspecified atom stereocenters. The molecular weight excluding hydrogens is 294 g/mol. The van der Waals surface area contributed by atoms with E-state index in [1.54, 1.807) is 6.07 Å². The van der Waals surface area contributed by atoms with Gasteiger partial charge in [-0.05, 0) is 42.8 Å². The van der Waals surface area contributed by atoms with E-state index in [4.69, 9.17) is 11.6 Å². The van der Waals surface area contributed by atoms with E-state index in [-0.39, 0.29) is 6.04 Å². The van der Waals surface area contributed by atoms with Crippen LogP contribution >= 0.6 is 11.6 Å². The predicted molar refractivity (Wildman–Crippen MR) is 84.2 cm³/mol. The second kappa shape index (κ2) is 6.31. The molecule has 0 radical (unpaired) electrons. The van der Waals surface area contributed by atoms with Crippen LogP contribution in [0.25, 0.3) is 0 Å². The van der Waals surface area contributed by atoms with Gasteiger partial charge in [-0.25, -0.2) is 8.78 Å². The molecule has 1 N–H and O–H groups in total. The van der Waals surface area contributed by atoms with Crippen LogP contribution in [0.4, 0.5) is 20.2 Å². The lowest BCUT2D eigenvalue weighted by Gasteiger charge is -2.19. The van der Waals surface area contributed by atoms with Gasteiger partial charge in [0.25, 0.3) is 0 Å². The highest BCUT2D eigenvalue weighted by atomic mass is 35.5. The predicted octanol–water partition coefficient (Wildman–Crippen LogP) is 4.86. The second-order valence-corrected chi connectivity index (χ2v) is 5.51. The third-order valence-electron chi connectivity index (χ3n) is 3.26. The van der Waals surface area contributed by atoms with Gasteiger partial charge in [0.1, 0.15) is 0 Å². The van der Waals surface area contributed by atoms with Gasteiger partial charge in [-0.15, -0.1) is 0 Å². The van der Waals surface area contributed by atoms with Crippen molar-refractivity contribution in [3.63, 3.8) is 0 Å². The average Bonchev–Trinajstić information content (AvgIpc) is 2.41. The van der Waals surface area contributed by atoms with Crippen molar-refractivity contribution >= 4 is 23.0 Å². The first-order valence-electron chi connectivity index (χ1n) is 6.57. The normalized spacial score (nSPS) is 12.1. The molecule has 0 amide bonds. The van der Waals surface area contributed by atoms with Crippen LogP contribution in [0.15, 0.2) is 36.4 Å². The van der Waals surface area contributed by atoms with Crippen LogP contribution in [0.5, 0.6) is 0 Å². The molecule has 0 aliphatic carbocycles. The van der Waals surface area contributed by atoms with Crippen molar-refractivity contribution in [3.8, 4) is 0 Å². The number of nitrogens with zero attached hydrogens (tertiary/aromatic N) is 1. The molecule has 5 heteroatoms. The number of benzene rings is 2. The molecule has 0 aliphatic rings. The molecule has 0 aromatic heterocycles. The molecule has 2 aromatic rings. The Morgan fingerprint density at radius 1 is 1.05 bits per heavy atom. The van der Waals surface area contributed by atoms with Gasteiger partial charge in [0.05, 0.1) is 10.7 Å². The molecular formula is C16H17ClF2N2. The van der Waals surface area contributed by atoms with Crippen LogP contribution in [-0.4, -0.2) is 14.1 Å². The van der Waals surface area contributed by atoms with Crippen LogP contribution in [0, 0.1) is 11.6 Å². The summed E-state index contributed by atoms with van der Waals surface area (Å²) in [6.45, 7) is 1.88. The minimum absolute atomic E-state index is 0.165. The zero-order valence-electron chi connectivity index (χ0n) is 12.1. The number of rotatable bonds is 4. The fraction of sp³-hybridized carbons (Fsp3) is 0.250. The van der Waals surface area contributed by atoms with E-state index in [0.29, 0.717) is 10.6 Å². The second-order valence-electron chi connectivity index (χ2n) is 5.10. The smallest absolute Gasteiger partial charge is 0.159 e. The van der Waals surface area contributed by atoms with Crippen molar-refractivity contribution in [2.45, 2.75) is 13.0 Å². The van der Waals surface area contributed by atoms with Crippen molar-refractivity contribution < 1.29 is 8.78 Å². The van der Waals surface area contributed by atoms with Crippen LogP contribution in [0.1, 0.15) is 18.5 Å². The molecule has 2 aromatic carbocycles. The molecule has 0 saturated carbocycles. The van der Waals surface area contributed by atoms with Gasteiger partial charge in [-0.2, -0.15) is 0 Å². The molecule has 21 heavy (non-hydrogen) atoms. The zero-order valence-corrected chi connectivity index (χ0v) is 12.9. The van der Waals surface area contributed by atoms with E-state index < -0.39 is 11.6 Å². The Balaban J connectivity index is 2.17. The number of halogens is 3. The molecule has 0 heterocycles. The summed E-state index contributed by atoms with van der Waals surface area (Å²) in [7, 11) is 3.83. The molecule has 112 valence electrons. The fourth-order valence-corrected chi connectivity index (χ4v) is 2.42. The van der Waals surface area contributed by atoms with Gasteiger partial charge in [-0.1, -0.05) is 17.7 Å². The summed E-state index contributed by atoms with van der Waals surface area (Å²) in [5, 5.41) is 3.85. The van der Waals surface area contributed by atoms with Gasteiger partial charge < -0.3 is 10.2 Å². The van der Waals surface area contributed by atoms with Crippen LogP contribution in [0.2, 0.25) is 5.02 Å². The first kappa shape index (κ1) is 15.6. The Morgan fingerprint density at radius 3 is 2.33 bits per heavy atom. The SMILES string of the molecule is CC(Nc1ccc(N(C)C)c(Cl)c1)c1ccc(F)c(F)c1. The summed E-state index contributed by atoms with van der Waals surface area (Å²) >= 11 is 6.21. The number of hydrogen-bond acceptors (Lipinski definition) is 2. The van der Waals surface area contributed by atoms with Gasteiger partial charge in [0, 0.05) is 25.8 Å². The highest BCUT2D eigenvalue weighted by molar-refractivity contribution is 6.33. The van der Waals surface area contributed by atoms with Gasteiger partial charge in [0.2, 0.25) is 0 Å². The Kier molecular flexibility index (Phi) is 4.68. The summed E-state index contributed by atoms with van der Waals surface area (Å²) in [5.41, 5.74) is 2.41. The van der Waals surface area contributed by atoms with E-state index in [1.807, 2.05) is 44.1 Å². The maximum absolute atomic E-state index is 13.3. The van der Waals surface area contributed by atoms with Crippen molar-refractivity contribution in [3.05, 3.63) is 58.6 Å². The molecule has 0 saturated heterocycles. The minimum Gasteiger partial charge on any atom is -0.378 e. The lowest BCUT2D eigenvalue weighted by atomic mass is 10.1. The highest BCUT2D eigenvalue weighted by Gasteiger charge is 2.10. The summed E-state index contributed by atoms with van der Waals surface area (Å²) in [5.74, 6) is -1.69. The standard InChI is InChI=1S/C16H17ClF2N2/c1-10(11-4-6-14(18)15(19)8-11)20-12-5-7-16(21(2)3)13(17)9-12/h4-10,20H,1-3H3. The molecule has 0 bridgehead atoms. The summed E-state index contributed by atoms with van der Waals surface area (Å²) in [6, 6.07) is 9.34. The van der Waals surface area contributed by atoms with E-state index in [2.05, 4.69) is 5.32 Å². The molecule has 2 nitrogen and oxygen atoms in total. The molecule has 1 atom stereocenters. The third-order valence-corrected chi connectivity index (χ3v) is 3.56. The van der Waals surface area contributed by atoms with E-state index >= 15 is 0 Å². The zero-order chi connectivity index (χ0) is 15.6. The highest BCUT2D eigenvalue weighted by Crippen LogP contribution is 2.29. The topological polar surface area (TPSA) is 15.3 Å². The summed E-state index contributed by atoms with van der Waals surface area (Å²) in [6.07, 6.45) is 0. The molecule has 0 aliphatic heterocycles. The van der Waals surface area contributed by atoms with E-state index in [9.17, 15) is 8.78 Å². The van der Waals surface area contributed by atoms with Crippen LogP contribution in [-0.2, 0) is 0 Å². The van der Waals surface area contributed by atoms with Crippen molar-refractivity contribution in [1.82, 2.24) is 0 Å². The van der Waals surface area contributed by atoms with E-state index in [1.165, 1.54) is 6.07 Å². The first-order chi connectivity index (χ1) is 9.88. The summed E-state index contributed by atoms with van der Waals surface area (Å²) < 4.78 is 26.2. The lowest BCUT2D eigenvalue weighted by molar-refractivity contribution is 0.506. The van der Waals surface area contributed by atoms with E-state index in [0.717, 1.165) is 17.4 Å². The largest absolute Gasteiger partial charge is 0.378 e. The van der Waals surface area contributed by atoms with Crippen molar-refractivity contribution in [2.24, 2.45) is 0 Å². The van der Waals surface area contributed by atoms with Gasteiger partial charge in [-0.3, -0.25) is 0 Å².